The fourth-order valence-electron chi connectivity index (χ4n) is 3.87. The molecule has 2 rings (SSSR count). The van der Waals surface area contributed by atoms with Gasteiger partial charge < -0.3 is 11.1 Å². The zero-order valence-electron chi connectivity index (χ0n) is 15.4. The summed E-state index contributed by atoms with van der Waals surface area (Å²) in [5, 5.41) is 2.64. The molecular formula is C19H39ClN2O. The molecule has 2 aliphatic rings. The highest BCUT2D eigenvalue weighted by molar-refractivity contribution is 5.85. The van der Waals surface area contributed by atoms with Crippen molar-refractivity contribution >= 4 is 18.8 Å². The van der Waals surface area contributed by atoms with Gasteiger partial charge in [0, 0.05) is 12.6 Å². The fourth-order valence-corrected chi connectivity index (χ4v) is 3.87. The monoisotopic (exact) mass is 346 g/mol. The average molecular weight is 347 g/mol. The van der Waals surface area contributed by atoms with E-state index in [9.17, 15) is 4.79 Å². The predicted molar refractivity (Wildman–Crippen MR) is 102 cm³/mol. The molecule has 0 radical (unpaired) electrons. The molecular weight excluding hydrogens is 308 g/mol. The number of rotatable bonds is 5. The summed E-state index contributed by atoms with van der Waals surface area (Å²) in [6, 6.07) is 0.162. The van der Waals surface area contributed by atoms with E-state index in [4.69, 9.17) is 5.73 Å². The summed E-state index contributed by atoms with van der Waals surface area (Å²) in [6.45, 7) is 7.74. The lowest BCUT2D eigenvalue weighted by atomic mass is 9.78. The Bertz CT molecular complexity index is 285. The number of hydrogen-bond donors (Lipinski definition) is 2. The summed E-state index contributed by atoms with van der Waals surface area (Å²) < 4.78 is 0. The van der Waals surface area contributed by atoms with Gasteiger partial charge in [0.1, 0.15) is 0 Å². The van der Waals surface area contributed by atoms with E-state index >= 15 is 0 Å². The van der Waals surface area contributed by atoms with Crippen molar-refractivity contribution in [3.05, 3.63) is 0 Å². The van der Waals surface area contributed by atoms with Gasteiger partial charge in [-0.2, -0.15) is 0 Å². The van der Waals surface area contributed by atoms with E-state index in [1.165, 1.54) is 57.8 Å². The number of halogens is 1. The van der Waals surface area contributed by atoms with E-state index in [1.54, 1.807) is 0 Å². The molecule has 0 aromatic rings. The quantitative estimate of drug-likeness (QED) is 0.718. The molecule has 4 heteroatoms. The third kappa shape index (κ3) is 9.56. The number of carbonyl (C=O) groups is 1. The molecule has 3 nitrogen and oxygen atoms in total. The lowest BCUT2D eigenvalue weighted by molar-refractivity contribution is -0.109. The van der Waals surface area contributed by atoms with Crippen LogP contribution in [-0.4, -0.2) is 19.0 Å². The average Bonchev–Trinajstić information content (AvgIpc) is 2.54. The number of carbonyl (C=O) groups excluding carboxylic acids is 1. The Hall–Kier alpha value is -0.280. The predicted octanol–water partition coefficient (Wildman–Crippen LogP) is 4.53. The Morgan fingerprint density at radius 1 is 1.00 bits per heavy atom. The van der Waals surface area contributed by atoms with Crippen LogP contribution in [0.15, 0.2) is 0 Å². The van der Waals surface area contributed by atoms with Crippen molar-refractivity contribution in [1.29, 1.82) is 0 Å². The van der Waals surface area contributed by atoms with Crippen LogP contribution in [0, 0.1) is 23.7 Å². The molecule has 1 unspecified atom stereocenters. The summed E-state index contributed by atoms with van der Waals surface area (Å²) in [5.74, 6) is 3.60. The standard InChI is InChI=1S/C10H20.C9H18N2O.ClH/c1-8(2)10-6-4-9(3)5-7-10;10-9(6-11-7-12)8-4-2-1-3-5-8;/h8-10H,4-7H2,1-3H3;7-9H,1-6,10H2,(H,11,12);1H. The van der Waals surface area contributed by atoms with Crippen LogP contribution in [0.3, 0.4) is 0 Å². The van der Waals surface area contributed by atoms with Crippen LogP contribution in [0.25, 0.3) is 0 Å². The third-order valence-electron chi connectivity index (χ3n) is 5.70. The summed E-state index contributed by atoms with van der Waals surface area (Å²) in [6.07, 6.45) is 13.1. The fraction of sp³-hybridized carbons (Fsp3) is 0.947. The zero-order chi connectivity index (χ0) is 16.4. The van der Waals surface area contributed by atoms with Crippen LogP contribution in [0.2, 0.25) is 0 Å². The van der Waals surface area contributed by atoms with E-state index in [0.717, 1.165) is 24.2 Å². The Balaban J connectivity index is 0.000000409. The maximum absolute atomic E-state index is 10.0. The molecule has 23 heavy (non-hydrogen) atoms. The van der Waals surface area contributed by atoms with Crippen LogP contribution in [0.4, 0.5) is 0 Å². The van der Waals surface area contributed by atoms with E-state index in [2.05, 4.69) is 26.1 Å². The van der Waals surface area contributed by atoms with Crippen molar-refractivity contribution < 1.29 is 4.79 Å². The maximum Gasteiger partial charge on any atom is 0.207 e. The lowest BCUT2D eigenvalue weighted by Gasteiger charge is -2.28. The van der Waals surface area contributed by atoms with Gasteiger partial charge in [-0.05, 0) is 49.4 Å². The second kappa shape index (κ2) is 13.1. The second-order valence-electron chi connectivity index (χ2n) is 7.85. The van der Waals surface area contributed by atoms with Crippen LogP contribution in [0.1, 0.15) is 78.6 Å². The highest BCUT2D eigenvalue weighted by Gasteiger charge is 2.20. The number of amides is 1. The first kappa shape index (κ1) is 22.7. The van der Waals surface area contributed by atoms with Crippen molar-refractivity contribution in [2.75, 3.05) is 6.54 Å². The molecule has 2 fully saturated rings. The Kier molecular flexibility index (Phi) is 12.9. The molecule has 0 aromatic carbocycles. The SMILES string of the molecule is CC1CCC(C(C)C)CC1.Cl.NC(CNC=O)C1CCCCC1. The summed E-state index contributed by atoms with van der Waals surface area (Å²) >= 11 is 0. The van der Waals surface area contributed by atoms with Crippen molar-refractivity contribution in [3.63, 3.8) is 0 Å². The minimum atomic E-state index is 0. The van der Waals surface area contributed by atoms with Gasteiger partial charge in [0.05, 0.1) is 0 Å². The first-order chi connectivity index (χ1) is 10.5. The molecule has 2 saturated carbocycles. The molecule has 0 aliphatic heterocycles. The summed E-state index contributed by atoms with van der Waals surface area (Å²) in [5.41, 5.74) is 5.91. The van der Waals surface area contributed by atoms with Crippen molar-refractivity contribution in [3.8, 4) is 0 Å². The summed E-state index contributed by atoms with van der Waals surface area (Å²) in [7, 11) is 0. The van der Waals surface area contributed by atoms with Crippen LogP contribution < -0.4 is 11.1 Å². The topological polar surface area (TPSA) is 55.1 Å². The van der Waals surface area contributed by atoms with Crippen molar-refractivity contribution in [2.24, 2.45) is 29.4 Å². The summed E-state index contributed by atoms with van der Waals surface area (Å²) in [4.78, 5) is 10.0. The zero-order valence-corrected chi connectivity index (χ0v) is 16.2. The van der Waals surface area contributed by atoms with Crippen LogP contribution >= 0.6 is 12.4 Å². The minimum absolute atomic E-state index is 0. The van der Waals surface area contributed by atoms with Gasteiger partial charge in [-0.25, -0.2) is 0 Å². The van der Waals surface area contributed by atoms with Crippen molar-refractivity contribution in [2.45, 2.75) is 84.6 Å². The molecule has 2 aliphatic carbocycles. The smallest absolute Gasteiger partial charge is 0.207 e. The molecule has 3 N–H and O–H groups in total. The number of nitrogens with one attached hydrogen (secondary N) is 1. The Labute approximate surface area is 150 Å². The second-order valence-corrected chi connectivity index (χ2v) is 7.85. The third-order valence-corrected chi connectivity index (χ3v) is 5.70. The van der Waals surface area contributed by atoms with Gasteiger partial charge in [0.15, 0.2) is 0 Å². The van der Waals surface area contributed by atoms with Gasteiger partial charge in [-0.15, -0.1) is 12.4 Å². The normalized spacial score (nSPS) is 26.5. The van der Waals surface area contributed by atoms with Gasteiger partial charge >= 0.3 is 0 Å². The largest absolute Gasteiger partial charge is 0.357 e. The van der Waals surface area contributed by atoms with E-state index < -0.39 is 0 Å². The maximum atomic E-state index is 10.0. The van der Waals surface area contributed by atoms with Gasteiger partial charge in [-0.3, -0.25) is 4.79 Å². The minimum Gasteiger partial charge on any atom is -0.357 e. The molecule has 1 atom stereocenters. The van der Waals surface area contributed by atoms with Gasteiger partial charge in [-0.1, -0.05) is 52.9 Å². The molecule has 0 aromatic heterocycles. The molecule has 1 amide bonds. The molecule has 0 bridgehead atoms. The highest BCUT2D eigenvalue weighted by atomic mass is 35.5. The number of nitrogens with two attached hydrogens (primary N) is 1. The van der Waals surface area contributed by atoms with E-state index in [-0.39, 0.29) is 18.4 Å². The van der Waals surface area contributed by atoms with Gasteiger partial charge in [0.25, 0.3) is 0 Å². The Morgan fingerprint density at radius 3 is 2.04 bits per heavy atom. The molecule has 0 spiro atoms. The lowest BCUT2D eigenvalue weighted by Crippen LogP contribution is -2.40. The first-order valence-electron chi connectivity index (χ1n) is 9.47. The molecule has 138 valence electrons. The number of hydrogen-bond acceptors (Lipinski definition) is 2. The van der Waals surface area contributed by atoms with Crippen LogP contribution in [-0.2, 0) is 4.79 Å². The van der Waals surface area contributed by atoms with Crippen LogP contribution in [0.5, 0.6) is 0 Å². The van der Waals surface area contributed by atoms with Crippen molar-refractivity contribution in [1.82, 2.24) is 5.32 Å². The first-order valence-corrected chi connectivity index (χ1v) is 9.47. The molecule has 0 heterocycles. The Morgan fingerprint density at radius 2 is 1.57 bits per heavy atom. The highest BCUT2D eigenvalue weighted by Crippen LogP contribution is 2.32. The van der Waals surface area contributed by atoms with E-state index in [1.807, 2.05) is 0 Å². The molecule has 0 saturated heterocycles. The van der Waals surface area contributed by atoms with Gasteiger partial charge in [0.2, 0.25) is 6.41 Å². The van der Waals surface area contributed by atoms with E-state index in [0.29, 0.717) is 12.5 Å².